The maximum Gasteiger partial charge on any atom is 0.151 e. The van der Waals surface area contributed by atoms with Crippen molar-refractivity contribution in [3.63, 3.8) is 0 Å². The van der Waals surface area contributed by atoms with Gasteiger partial charge < -0.3 is 0 Å². The van der Waals surface area contributed by atoms with E-state index in [-0.39, 0.29) is 0 Å². The van der Waals surface area contributed by atoms with Crippen LogP contribution in [0.3, 0.4) is 0 Å². The Balaban J connectivity index is 2.86. The maximum absolute atomic E-state index is 10.7. The fourth-order valence-electron chi connectivity index (χ4n) is 0.955. The third-order valence-electron chi connectivity index (χ3n) is 1.56. The smallest absolute Gasteiger partial charge is 0.151 e. The number of carbonyl (C=O) groups is 1. The Hall–Kier alpha value is -0.280. The number of carbonyl (C=O) groups excluding carboxylic acids is 1. The lowest BCUT2D eigenvalue weighted by Crippen LogP contribution is -1.86. The van der Waals surface area contributed by atoms with Gasteiger partial charge in [-0.25, -0.2) is 0 Å². The van der Waals surface area contributed by atoms with E-state index in [2.05, 4.69) is 22.9 Å². The zero-order chi connectivity index (χ0) is 9.68. The van der Waals surface area contributed by atoms with E-state index in [1.807, 2.05) is 18.2 Å². The Bertz CT molecular complexity index is 299. The minimum atomic E-state index is 0.771. The zero-order valence-electron chi connectivity index (χ0n) is 7.42. The monoisotopic (exact) mass is 258 g/mol. The standard InChI is InChI=1S/C10H11BrOS/c1-2-5-13-10-4-3-9(11)6-8(10)7-12/h3-4,6-7H,2,5H2,1H3. The molecule has 0 amide bonds. The van der Waals surface area contributed by atoms with Crippen molar-refractivity contribution in [3.05, 3.63) is 28.2 Å². The van der Waals surface area contributed by atoms with Gasteiger partial charge in [-0.05, 0) is 30.4 Å². The summed E-state index contributed by atoms with van der Waals surface area (Å²) in [6.45, 7) is 2.13. The van der Waals surface area contributed by atoms with E-state index in [1.54, 1.807) is 11.8 Å². The van der Waals surface area contributed by atoms with E-state index >= 15 is 0 Å². The lowest BCUT2D eigenvalue weighted by atomic mass is 10.2. The molecule has 0 saturated carbocycles. The summed E-state index contributed by atoms with van der Waals surface area (Å²) in [7, 11) is 0. The van der Waals surface area contributed by atoms with Crippen LogP contribution in [0, 0.1) is 0 Å². The molecule has 0 fully saturated rings. The summed E-state index contributed by atoms with van der Waals surface area (Å²) in [5.74, 6) is 1.06. The summed E-state index contributed by atoms with van der Waals surface area (Å²) in [5.41, 5.74) is 0.771. The predicted molar refractivity (Wildman–Crippen MR) is 60.5 cm³/mol. The van der Waals surface area contributed by atoms with E-state index in [9.17, 15) is 4.79 Å². The van der Waals surface area contributed by atoms with Crippen LogP contribution in [0.15, 0.2) is 27.6 Å². The number of thioether (sulfide) groups is 1. The normalized spacial score (nSPS) is 10.0. The molecule has 1 rings (SSSR count). The Kier molecular flexibility index (Phi) is 4.53. The maximum atomic E-state index is 10.7. The summed E-state index contributed by atoms with van der Waals surface area (Å²) in [6, 6.07) is 5.80. The third kappa shape index (κ3) is 3.16. The molecule has 0 aliphatic rings. The highest BCUT2D eigenvalue weighted by Crippen LogP contribution is 2.25. The van der Waals surface area contributed by atoms with Gasteiger partial charge in [-0.2, -0.15) is 0 Å². The number of halogens is 1. The molecule has 0 heterocycles. The fourth-order valence-corrected chi connectivity index (χ4v) is 2.20. The van der Waals surface area contributed by atoms with Crippen molar-refractivity contribution in [2.75, 3.05) is 5.75 Å². The quantitative estimate of drug-likeness (QED) is 0.605. The number of aldehydes is 1. The highest BCUT2D eigenvalue weighted by atomic mass is 79.9. The van der Waals surface area contributed by atoms with Crippen LogP contribution in [0.1, 0.15) is 23.7 Å². The minimum absolute atomic E-state index is 0.771. The molecule has 0 spiro atoms. The van der Waals surface area contributed by atoms with Crippen molar-refractivity contribution < 1.29 is 4.79 Å². The van der Waals surface area contributed by atoms with Gasteiger partial charge in [0.1, 0.15) is 0 Å². The van der Waals surface area contributed by atoms with E-state index in [1.165, 1.54) is 0 Å². The molecule has 0 N–H and O–H groups in total. The number of hydrogen-bond donors (Lipinski definition) is 0. The molecule has 3 heteroatoms. The second kappa shape index (κ2) is 5.45. The van der Waals surface area contributed by atoms with Crippen LogP contribution >= 0.6 is 27.7 Å². The first-order valence-corrected chi connectivity index (χ1v) is 5.93. The molecular weight excluding hydrogens is 248 g/mol. The highest BCUT2D eigenvalue weighted by molar-refractivity contribution is 9.10. The van der Waals surface area contributed by atoms with Gasteiger partial charge in [0.05, 0.1) is 0 Å². The molecule has 1 aromatic rings. The van der Waals surface area contributed by atoms with Gasteiger partial charge in [-0.3, -0.25) is 4.79 Å². The second-order valence-corrected chi connectivity index (χ2v) is 4.70. The molecule has 0 aliphatic carbocycles. The van der Waals surface area contributed by atoms with Crippen LogP contribution in [0.5, 0.6) is 0 Å². The second-order valence-electron chi connectivity index (χ2n) is 2.65. The summed E-state index contributed by atoms with van der Waals surface area (Å²) in [5, 5.41) is 0. The topological polar surface area (TPSA) is 17.1 Å². The molecular formula is C10H11BrOS. The number of benzene rings is 1. The van der Waals surface area contributed by atoms with Gasteiger partial charge in [0, 0.05) is 14.9 Å². The molecule has 1 nitrogen and oxygen atoms in total. The van der Waals surface area contributed by atoms with Crippen LogP contribution in [0.2, 0.25) is 0 Å². The molecule has 0 unspecified atom stereocenters. The highest BCUT2D eigenvalue weighted by Gasteiger charge is 2.01. The summed E-state index contributed by atoms with van der Waals surface area (Å²) in [4.78, 5) is 11.8. The molecule has 0 aromatic heterocycles. The van der Waals surface area contributed by atoms with E-state index < -0.39 is 0 Å². The zero-order valence-corrected chi connectivity index (χ0v) is 9.82. The summed E-state index contributed by atoms with van der Waals surface area (Å²) >= 11 is 5.07. The van der Waals surface area contributed by atoms with Gasteiger partial charge in [-0.15, -0.1) is 11.8 Å². The minimum Gasteiger partial charge on any atom is -0.298 e. The van der Waals surface area contributed by atoms with Gasteiger partial charge in [0.15, 0.2) is 6.29 Å². The van der Waals surface area contributed by atoms with Crippen LogP contribution < -0.4 is 0 Å². The van der Waals surface area contributed by atoms with Crippen molar-refractivity contribution in [3.8, 4) is 0 Å². The molecule has 0 radical (unpaired) electrons. The van der Waals surface area contributed by atoms with Crippen molar-refractivity contribution in [2.24, 2.45) is 0 Å². The molecule has 0 bridgehead atoms. The van der Waals surface area contributed by atoms with Crippen LogP contribution in [0.25, 0.3) is 0 Å². The van der Waals surface area contributed by atoms with Crippen molar-refractivity contribution in [2.45, 2.75) is 18.2 Å². The van der Waals surface area contributed by atoms with Gasteiger partial charge in [0.25, 0.3) is 0 Å². The largest absolute Gasteiger partial charge is 0.298 e. The summed E-state index contributed by atoms with van der Waals surface area (Å²) in [6.07, 6.45) is 2.03. The van der Waals surface area contributed by atoms with Gasteiger partial charge in [0.2, 0.25) is 0 Å². The summed E-state index contributed by atoms with van der Waals surface area (Å²) < 4.78 is 0.954. The SMILES string of the molecule is CCCSc1ccc(Br)cc1C=O. The predicted octanol–water partition coefficient (Wildman–Crippen LogP) is 3.76. The van der Waals surface area contributed by atoms with E-state index in [0.717, 1.165) is 33.4 Å². The fraction of sp³-hybridized carbons (Fsp3) is 0.300. The number of hydrogen-bond acceptors (Lipinski definition) is 2. The van der Waals surface area contributed by atoms with Crippen molar-refractivity contribution >= 4 is 34.0 Å². The van der Waals surface area contributed by atoms with Gasteiger partial charge >= 0.3 is 0 Å². The lowest BCUT2D eigenvalue weighted by Gasteiger charge is -2.03. The van der Waals surface area contributed by atoms with Crippen LogP contribution in [-0.4, -0.2) is 12.0 Å². The molecule has 70 valence electrons. The van der Waals surface area contributed by atoms with Crippen molar-refractivity contribution in [1.82, 2.24) is 0 Å². The first-order valence-electron chi connectivity index (χ1n) is 4.15. The molecule has 13 heavy (non-hydrogen) atoms. The first-order chi connectivity index (χ1) is 6.27. The Labute approximate surface area is 91.0 Å². The molecule has 0 aliphatic heterocycles. The van der Waals surface area contributed by atoms with Gasteiger partial charge in [-0.1, -0.05) is 22.9 Å². The average molecular weight is 259 g/mol. The van der Waals surface area contributed by atoms with Crippen LogP contribution in [-0.2, 0) is 0 Å². The molecule has 0 atom stereocenters. The Morgan fingerprint density at radius 3 is 2.92 bits per heavy atom. The van der Waals surface area contributed by atoms with Crippen LogP contribution in [0.4, 0.5) is 0 Å². The average Bonchev–Trinajstić information content (AvgIpc) is 2.16. The Morgan fingerprint density at radius 2 is 2.31 bits per heavy atom. The van der Waals surface area contributed by atoms with Crippen molar-refractivity contribution in [1.29, 1.82) is 0 Å². The van der Waals surface area contributed by atoms with E-state index in [0.29, 0.717) is 0 Å². The molecule has 1 aromatic carbocycles. The lowest BCUT2D eigenvalue weighted by molar-refractivity contribution is 0.112. The molecule has 0 saturated heterocycles. The Morgan fingerprint density at radius 1 is 1.54 bits per heavy atom. The van der Waals surface area contributed by atoms with E-state index in [4.69, 9.17) is 0 Å². The number of rotatable bonds is 4. The first kappa shape index (κ1) is 10.8. The third-order valence-corrected chi connectivity index (χ3v) is 3.35.